The number of nitrogens with zero attached hydrogens (tertiary/aromatic N) is 2. The second-order valence-corrected chi connectivity index (χ2v) is 6.94. The topological polar surface area (TPSA) is 82.5 Å². The summed E-state index contributed by atoms with van der Waals surface area (Å²) < 4.78 is 11.8. The van der Waals surface area contributed by atoms with Crippen molar-refractivity contribution in [1.82, 2.24) is 15.1 Å². The van der Waals surface area contributed by atoms with Gasteiger partial charge in [0.2, 0.25) is 5.91 Å². The molecule has 8 heteroatoms. The number of methoxy groups -OCH3 is 2. The van der Waals surface area contributed by atoms with E-state index in [0.717, 1.165) is 11.1 Å². The van der Waals surface area contributed by atoms with Gasteiger partial charge in [0.1, 0.15) is 0 Å². The minimum Gasteiger partial charge on any atom is -0.493 e. The predicted molar refractivity (Wildman–Crippen MR) is 115 cm³/mol. The molecule has 0 aliphatic rings. The molecule has 1 heterocycles. The van der Waals surface area contributed by atoms with Crippen molar-refractivity contribution in [3.05, 3.63) is 75.5 Å². The molecule has 0 spiro atoms. The average Bonchev–Trinajstić information content (AvgIpc) is 2.75. The fourth-order valence-electron chi connectivity index (χ4n) is 2.92. The number of halogens is 1. The molecular weight excluding hydrogens is 406 g/mol. The maximum absolute atomic E-state index is 12.3. The summed E-state index contributed by atoms with van der Waals surface area (Å²) in [4.78, 5) is 24.4. The smallest absolute Gasteiger partial charge is 0.266 e. The van der Waals surface area contributed by atoms with Gasteiger partial charge in [-0.25, -0.2) is 4.68 Å². The van der Waals surface area contributed by atoms with Gasteiger partial charge in [-0.2, -0.15) is 5.10 Å². The average molecular weight is 428 g/mol. The number of hydrogen-bond acceptors (Lipinski definition) is 5. The van der Waals surface area contributed by atoms with E-state index in [1.165, 1.54) is 10.7 Å². The van der Waals surface area contributed by atoms with Crippen LogP contribution in [0.4, 0.5) is 0 Å². The van der Waals surface area contributed by atoms with Crippen molar-refractivity contribution >= 4 is 17.5 Å². The van der Waals surface area contributed by atoms with Crippen molar-refractivity contribution in [3.8, 4) is 22.8 Å². The van der Waals surface area contributed by atoms with Gasteiger partial charge in [0.15, 0.2) is 11.5 Å². The lowest BCUT2D eigenvalue weighted by atomic mass is 10.1. The van der Waals surface area contributed by atoms with E-state index in [-0.39, 0.29) is 31.0 Å². The highest BCUT2D eigenvalue weighted by atomic mass is 35.5. The van der Waals surface area contributed by atoms with E-state index in [1.54, 1.807) is 44.6 Å². The highest BCUT2D eigenvalue weighted by Crippen LogP contribution is 2.27. The first-order valence-electron chi connectivity index (χ1n) is 9.32. The Balaban J connectivity index is 1.59. The summed E-state index contributed by atoms with van der Waals surface area (Å²) in [5, 5.41) is 7.81. The van der Waals surface area contributed by atoms with Crippen LogP contribution in [0.15, 0.2) is 59.4 Å². The molecule has 1 amide bonds. The van der Waals surface area contributed by atoms with Gasteiger partial charge in [-0.05, 0) is 35.9 Å². The molecule has 0 saturated heterocycles. The number of rotatable bonds is 8. The number of ether oxygens (including phenoxy) is 2. The molecule has 7 nitrogen and oxygen atoms in total. The van der Waals surface area contributed by atoms with Gasteiger partial charge in [0.25, 0.3) is 5.56 Å². The normalized spacial score (nSPS) is 10.5. The van der Waals surface area contributed by atoms with Crippen molar-refractivity contribution in [2.75, 3.05) is 20.8 Å². The maximum Gasteiger partial charge on any atom is 0.266 e. The van der Waals surface area contributed by atoms with E-state index in [2.05, 4.69) is 10.4 Å². The molecule has 0 bridgehead atoms. The van der Waals surface area contributed by atoms with Crippen LogP contribution >= 0.6 is 11.6 Å². The molecule has 1 N–H and O–H groups in total. The monoisotopic (exact) mass is 427 g/mol. The Morgan fingerprint density at radius 2 is 1.77 bits per heavy atom. The van der Waals surface area contributed by atoms with E-state index < -0.39 is 0 Å². The lowest BCUT2D eigenvalue weighted by Crippen LogP contribution is -2.32. The van der Waals surface area contributed by atoms with Crippen LogP contribution in [0.2, 0.25) is 5.02 Å². The lowest BCUT2D eigenvalue weighted by Gasteiger charge is -2.10. The zero-order chi connectivity index (χ0) is 21.5. The third kappa shape index (κ3) is 5.39. The molecule has 3 aromatic rings. The number of hydrogen-bond donors (Lipinski definition) is 1. The van der Waals surface area contributed by atoms with Crippen molar-refractivity contribution in [3.63, 3.8) is 0 Å². The van der Waals surface area contributed by atoms with Crippen LogP contribution in [-0.4, -0.2) is 36.5 Å². The molecule has 0 aliphatic heterocycles. The van der Waals surface area contributed by atoms with Crippen molar-refractivity contribution in [1.29, 1.82) is 0 Å². The van der Waals surface area contributed by atoms with Crippen LogP contribution in [0, 0.1) is 0 Å². The van der Waals surface area contributed by atoms with E-state index in [1.807, 2.05) is 18.2 Å². The summed E-state index contributed by atoms with van der Waals surface area (Å²) in [5.74, 6) is 1.01. The Bertz CT molecular complexity index is 1080. The van der Waals surface area contributed by atoms with Crippen LogP contribution in [-0.2, 0) is 17.8 Å². The van der Waals surface area contributed by atoms with Crippen LogP contribution in [0.3, 0.4) is 0 Å². The molecule has 0 unspecified atom stereocenters. The fourth-order valence-corrected chi connectivity index (χ4v) is 3.05. The molecule has 0 fully saturated rings. The molecule has 3 rings (SSSR count). The molecule has 0 radical (unpaired) electrons. The van der Waals surface area contributed by atoms with E-state index in [4.69, 9.17) is 21.1 Å². The first kappa shape index (κ1) is 21.4. The second-order valence-electron chi connectivity index (χ2n) is 6.50. The largest absolute Gasteiger partial charge is 0.493 e. The van der Waals surface area contributed by atoms with Crippen LogP contribution < -0.4 is 20.3 Å². The van der Waals surface area contributed by atoms with E-state index in [0.29, 0.717) is 22.2 Å². The fraction of sp³-hybridized carbons (Fsp3) is 0.227. The summed E-state index contributed by atoms with van der Waals surface area (Å²) in [5.41, 5.74) is 2.07. The van der Waals surface area contributed by atoms with Crippen LogP contribution in [0.5, 0.6) is 11.5 Å². The number of aromatic nitrogens is 2. The number of amides is 1. The number of nitrogens with one attached hydrogen (secondary N) is 1. The minimum absolute atomic E-state index is 0.163. The Hall–Kier alpha value is -3.32. The third-order valence-electron chi connectivity index (χ3n) is 4.47. The van der Waals surface area contributed by atoms with Gasteiger partial charge in [0.05, 0.1) is 32.9 Å². The summed E-state index contributed by atoms with van der Waals surface area (Å²) in [6.45, 7) is 0.543. The van der Waals surface area contributed by atoms with Gasteiger partial charge < -0.3 is 14.8 Å². The van der Waals surface area contributed by atoms with Gasteiger partial charge in [-0.3, -0.25) is 9.59 Å². The van der Waals surface area contributed by atoms with Crippen LogP contribution in [0.1, 0.15) is 5.56 Å². The Morgan fingerprint density at radius 1 is 1.03 bits per heavy atom. The third-order valence-corrected chi connectivity index (χ3v) is 4.72. The zero-order valence-corrected chi connectivity index (χ0v) is 17.5. The number of carbonyl (C=O) groups excluding carboxylic acids is 1. The Labute approximate surface area is 179 Å². The van der Waals surface area contributed by atoms with Gasteiger partial charge in [-0.1, -0.05) is 29.8 Å². The molecule has 0 atom stereocenters. The molecule has 156 valence electrons. The van der Waals surface area contributed by atoms with Crippen molar-refractivity contribution in [2.24, 2.45) is 0 Å². The first-order valence-corrected chi connectivity index (χ1v) is 9.69. The summed E-state index contributed by atoms with van der Waals surface area (Å²) in [6, 6.07) is 15.7. The SMILES string of the molecule is COc1ccc(CC(=O)NCCn2nc(-c3ccc(Cl)cc3)ccc2=O)cc1OC. The molecule has 30 heavy (non-hydrogen) atoms. The van der Waals surface area contributed by atoms with Gasteiger partial charge in [-0.15, -0.1) is 0 Å². The van der Waals surface area contributed by atoms with Crippen LogP contribution in [0.25, 0.3) is 11.3 Å². The minimum atomic E-state index is -0.234. The molecule has 0 aliphatic carbocycles. The molecular formula is C22H22ClN3O4. The second kappa shape index (κ2) is 9.93. The predicted octanol–water partition coefficient (Wildman–Crippen LogP) is 2.94. The summed E-state index contributed by atoms with van der Waals surface area (Å²) in [6.07, 6.45) is 0.188. The highest BCUT2D eigenvalue weighted by molar-refractivity contribution is 6.30. The van der Waals surface area contributed by atoms with E-state index in [9.17, 15) is 9.59 Å². The van der Waals surface area contributed by atoms with Crippen molar-refractivity contribution in [2.45, 2.75) is 13.0 Å². The highest BCUT2D eigenvalue weighted by Gasteiger charge is 2.09. The Kier molecular flexibility index (Phi) is 7.08. The molecule has 1 aromatic heterocycles. The quantitative estimate of drug-likeness (QED) is 0.597. The van der Waals surface area contributed by atoms with Gasteiger partial charge in [0, 0.05) is 23.2 Å². The maximum atomic E-state index is 12.3. The Morgan fingerprint density at radius 3 is 2.47 bits per heavy atom. The zero-order valence-electron chi connectivity index (χ0n) is 16.7. The summed E-state index contributed by atoms with van der Waals surface area (Å²) >= 11 is 5.91. The molecule has 2 aromatic carbocycles. The van der Waals surface area contributed by atoms with Gasteiger partial charge >= 0.3 is 0 Å². The molecule has 0 saturated carbocycles. The standard InChI is InChI=1S/C22H22ClN3O4/c1-29-19-9-3-15(13-20(19)30-2)14-21(27)24-11-12-26-22(28)10-8-18(25-26)16-4-6-17(23)7-5-16/h3-10,13H,11-12,14H2,1-2H3,(H,24,27). The van der Waals surface area contributed by atoms with E-state index >= 15 is 0 Å². The number of carbonyl (C=O) groups is 1. The summed E-state index contributed by atoms with van der Waals surface area (Å²) in [7, 11) is 3.10. The first-order chi connectivity index (χ1) is 14.5. The lowest BCUT2D eigenvalue weighted by molar-refractivity contribution is -0.120. The van der Waals surface area contributed by atoms with Crippen molar-refractivity contribution < 1.29 is 14.3 Å². The number of benzene rings is 2.